The zero-order valence-electron chi connectivity index (χ0n) is 15.6. The van der Waals surface area contributed by atoms with E-state index in [0.29, 0.717) is 17.6 Å². The summed E-state index contributed by atoms with van der Waals surface area (Å²) < 4.78 is 16.7. The van der Waals surface area contributed by atoms with Crippen molar-refractivity contribution in [2.75, 3.05) is 40.4 Å². The van der Waals surface area contributed by atoms with Gasteiger partial charge in [-0.05, 0) is 6.42 Å². The lowest BCUT2D eigenvalue weighted by molar-refractivity contribution is -0.873. The first kappa shape index (κ1) is 23.4. The molecule has 144 valence electrons. The van der Waals surface area contributed by atoms with Crippen LogP contribution in [0, 0.1) is 0 Å². The van der Waals surface area contributed by atoms with Crippen molar-refractivity contribution in [1.29, 1.82) is 0 Å². The monoisotopic (exact) mass is 366 g/mol. The molecule has 2 N–H and O–H groups in total. The molecular weight excluding hydrogens is 331 g/mol. The molecule has 0 spiro atoms. The number of carbonyl (C=O) groups is 1. The molecule has 0 heterocycles. The Morgan fingerprint density at radius 3 is 2.21 bits per heavy atom. The Morgan fingerprint density at radius 2 is 1.71 bits per heavy atom. The Balaban J connectivity index is 4.03. The fourth-order valence-electron chi connectivity index (χ4n) is 2.47. The molecular formula is C16H35N2O5P. The number of likely N-dealkylation sites (N-methyl/N-ethyl adjacent to an activating group) is 1. The highest BCUT2D eigenvalue weighted by Crippen LogP contribution is 2.30. The Labute approximate surface area is 146 Å². The average molecular weight is 366 g/mol. The van der Waals surface area contributed by atoms with E-state index < -0.39 is 26.0 Å². The van der Waals surface area contributed by atoms with Gasteiger partial charge in [0.2, 0.25) is 0 Å². The number of hydrogen-bond acceptors (Lipinski definition) is 4. The van der Waals surface area contributed by atoms with Gasteiger partial charge in [0, 0.05) is 6.54 Å². The second kappa shape index (κ2) is 11.9. The molecule has 0 aliphatic rings. The van der Waals surface area contributed by atoms with E-state index in [-0.39, 0.29) is 0 Å². The summed E-state index contributed by atoms with van der Waals surface area (Å²) in [6.45, 7) is 3.00. The average Bonchev–Trinajstić information content (AvgIpc) is 2.37. The first-order valence-corrected chi connectivity index (χ1v) is 10.6. The number of nitrogens with zero attached hydrogens (tertiary/aromatic N) is 1. The van der Waals surface area contributed by atoms with Crippen molar-refractivity contribution in [2.24, 2.45) is 0 Å². The van der Waals surface area contributed by atoms with E-state index in [4.69, 9.17) is 9.63 Å². The zero-order chi connectivity index (χ0) is 18.6. The van der Waals surface area contributed by atoms with Gasteiger partial charge < -0.3 is 28.9 Å². The summed E-state index contributed by atoms with van der Waals surface area (Å²) in [5.41, 5.74) is 0. The summed E-state index contributed by atoms with van der Waals surface area (Å²) in [5.74, 6) is 0. The Hall–Kier alpha value is -0.620. The molecule has 0 radical (unpaired) electrons. The molecule has 2 atom stereocenters. The smallest absolute Gasteiger partial charge is 0.407 e. The molecule has 0 fully saturated rings. The minimum absolute atomic E-state index is 0.303. The van der Waals surface area contributed by atoms with Gasteiger partial charge in [-0.25, -0.2) is 4.79 Å². The maximum atomic E-state index is 11.8. The summed E-state index contributed by atoms with van der Waals surface area (Å²) in [7, 11) is 1.10. The molecule has 0 aromatic carbocycles. The first-order valence-electron chi connectivity index (χ1n) is 8.81. The summed E-state index contributed by atoms with van der Waals surface area (Å²) in [6, 6.07) is 0. The minimum atomic E-state index is -4.48. The molecule has 1 amide bonds. The van der Waals surface area contributed by atoms with E-state index >= 15 is 0 Å². The van der Waals surface area contributed by atoms with Crippen molar-refractivity contribution in [3.8, 4) is 0 Å². The normalized spacial score (nSPS) is 15.6. The number of rotatable bonds is 13. The lowest BCUT2D eigenvalue weighted by Crippen LogP contribution is -2.46. The maximum absolute atomic E-state index is 11.8. The lowest BCUT2D eigenvalue weighted by Gasteiger charge is -2.30. The molecule has 0 bridgehead atoms. The number of alkyl carbamates (subject to hydrolysis) is 1. The molecule has 2 unspecified atom stereocenters. The van der Waals surface area contributed by atoms with Crippen LogP contribution in [-0.2, 0) is 9.30 Å². The summed E-state index contributed by atoms with van der Waals surface area (Å²) in [6.07, 6.45) is 6.01. The van der Waals surface area contributed by atoms with E-state index in [1.165, 1.54) is 25.7 Å². The SMILES string of the molecule is CCCCCCCCCNC(=O)OC(C[N+](C)(C)C)CP(=O)([O-])O. The number of ether oxygens (including phenoxy) is 1. The fraction of sp³-hybridized carbons (Fsp3) is 0.938. The largest absolute Gasteiger partial charge is 0.779 e. The Morgan fingerprint density at radius 1 is 1.17 bits per heavy atom. The van der Waals surface area contributed by atoms with Crippen molar-refractivity contribution in [2.45, 2.75) is 58.0 Å². The first-order chi connectivity index (χ1) is 11.0. The van der Waals surface area contributed by atoms with Crippen LogP contribution in [0.2, 0.25) is 0 Å². The third-order valence-electron chi connectivity index (χ3n) is 3.51. The third-order valence-corrected chi connectivity index (χ3v) is 4.38. The van der Waals surface area contributed by atoms with Crippen LogP contribution in [0.5, 0.6) is 0 Å². The molecule has 7 nitrogen and oxygen atoms in total. The van der Waals surface area contributed by atoms with Crippen molar-refractivity contribution in [3.05, 3.63) is 0 Å². The maximum Gasteiger partial charge on any atom is 0.407 e. The summed E-state index contributed by atoms with van der Waals surface area (Å²) >= 11 is 0. The van der Waals surface area contributed by atoms with E-state index in [1.807, 2.05) is 21.1 Å². The molecule has 0 aromatic heterocycles. The Bertz CT molecular complexity index is 392. The highest BCUT2D eigenvalue weighted by atomic mass is 31.2. The number of hydrogen-bond donors (Lipinski definition) is 2. The van der Waals surface area contributed by atoms with Gasteiger partial charge >= 0.3 is 6.09 Å². The molecule has 24 heavy (non-hydrogen) atoms. The third kappa shape index (κ3) is 16.2. The van der Waals surface area contributed by atoms with E-state index in [2.05, 4.69) is 12.2 Å². The van der Waals surface area contributed by atoms with Gasteiger partial charge in [0.25, 0.3) is 0 Å². The van der Waals surface area contributed by atoms with Gasteiger partial charge in [-0.2, -0.15) is 0 Å². The van der Waals surface area contributed by atoms with Crippen LogP contribution in [0.3, 0.4) is 0 Å². The number of quaternary nitrogens is 1. The molecule has 0 rings (SSSR count). The highest BCUT2D eigenvalue weighted by Gasteiger charge is 2.25. The van der Waals surface area contributed by atoms with Gasteiger partial charge in [0.15, 0.2) is 6.10 Å². The predicted molar refractivity (Wildman–Crippen MR) is 93.9 cm³/mol. The molecule has 0 saturated carbocycles. The minimum Gasteiger partial charge on any atom is -0.779 e. The van der Waals surface area contributed by atoms with Crippen molar-refractivity contribution in [3.63, 3.8) is 0 Å². The van der Waals surface area contributed by atoms with Crippen LogP contribution < -0.4 is 10.2 Å². The summed E-state index contributed by atoms with van der Waals surface area (Å²) in [4.78, 5) is 31.9. The highest BCUT2D eigenvalue weighted by molar-refractivity contribution is 7.50. The van der Waals surface area contributed by atoms with Crippen LogP contribution in [0.15, 0.2) is 0 Å². The van der Waals surface area contributed by atoms with Gasteiger partial charge in [-0.15, -0.1) is 0 Å². The molecule has 8 heteroatoms. The van der Waals surface area contributed by atoms with E-state index in [0.717, 1.165) is 19.3 Å². The zero-order valence-corrected chi connectivity index (χ0v) is 16.5. The van der Waals surface area contributed by atoms with E-state index in [1.54, 1.807) is 0 Å². The van der Waals surface area contributed by atoms with Crippen molar-refractivity contribution in [1.82, 2.24) is 5.32 Å². The second-order valence-corrected chi connectivity index (χ2v) is 9.01. The quantitative estimate of drug-likeness (QED) is 0.295. The van der Waals surface area contributed by atoms with Gasteiger partial charge in [-0.1, -0.05) is 45.4 Å². The number of amides is 1. The summed E-state index contributed by atoms with van der Waals surface area (Å²) in [5, 5.41) is 2.65. The van der Waals surface area contributed by atoms with Crippen LogP contribution >= 0.6 is 7.60 Å². The number of nitrogens with one attached hydrogen (secondary N) is 1. The van der Waals surface area contributed by atoms with Gasteiger partial charge in [-0.3, -0.25) is 0 Å². The molecule has 0 aliphatic heterocycles. The van der Waals surface area contributed by atoms with E-state index in [9.17, 15) is 14.3 Å². The van der Waals surface area contributed by atoms with Crippen LogP contribution in [0.4, 0.5) is 4.79 Å². The van der Waals surface area contributed by atoms with Gasteiger partial charge in [0.05, 0.1) is 27.3 Å². The van der Waals surface area contributed by atoms with Gasteiger partial charge in [0.1, 0.15) is 14.1 Å². The molecule has 0 aromatic rings. The van der Waals surface area contributed by atoms with Crippen LogP contribution in [-0.4, -0.2) is 62.0 Å². The number of carbonyl (C=O) groups excluding carboxylic acids is 1. The fourth-order valence-corrected chi connectivity index (χ4v) is 3.17. The second-order valence-electron chi connectivity index (χ2n) is 7.37. The predicted octanol–water partition coefficient (Wildman–Crippen LogP) is 2.08. The van der Waals surface area contributed by atoms with Crippen LogP contribution in [0.1, 0.15) is 51.9 Å². The number of unbranched alkanes of at least 4 members (excludes halogenated alkanes) is 6. The van der Waals surface area contributed by atoms with Crippen molar-refractivity contribution >= 4 is 13.7 Å². The lowest BCUT2D eigenvalue weighted by atomic mass is 10.1. The Kier molecular flexibility index (Phi) is 11.5. The topological polar surface area (TPSA) is 98.7 Å². The van der Waals surface area contributed by atoms with Crippen LogP contribution in [0.25, 0.3) is 0 Å². The molecule has 0 saturated heterocycles. The van der Waals surface area contributed by atoms with Crippen molar-refractivity contribution < 1.29 is 28.4 Å². The molecule has 0 aliphatic carbocycles. The standard InChI is InChI=1S/C16H35N2O5P/c1-5-6-7-8-9-10-11-12-17-16(19)23-15(13-18(2,3)4)14-24(20,21)22/h15H,5-14H2,1-4H3,(H2-,17,19,20,21,22).